The third-order valence-corrected chi connectivity index (χ3v) is 2.99. The van der Waals surface area contributed by atoms with E-state index in [1.807, 2.05) is 0 Å². The molecule has 7 heteroatoms. The van der Waals surface area contributed by atoms with Crippen LogP contribution in [0.4, 0.5) is 5.69 Å². The number of carboxylic acid groups (broad SMARTS) is 1. The van der Waals surface area contributed by atoms with Crippen LogP contribution in [-0.4, -0.2) is 32.2 Å². The van der Waals surface area contributed by atoms with Crippen LogP contribution in [0, 0.1) is 0 Å². The van der Waals surface area contributed by atoms with Gasteiger partial charge < -0.3 is 20.6 Å². The molecule has 118 valence electrons. The molecule has 0 aliphatic carbocycles. The zero-order valence-electron chi connectivity index (χ0n) is 11.9. The summed E-state index contributed by atoms with van der Waals surface area (Å²) in [6.45, 7) is -0.0657. The largest absolute Gasteiger partial charge is 0.504 e. The molecule has 4 N–H and O–H groups in total. The Kier molecular flexibility index (Phi) is 5.06. The summed E-state index contributed by atoms with van der Waals surface area (Å²) in [5.74, 6) is -2.34. The molecule has 0 radical (unpaired) electrons. The molecule has 7 nitrogen and oxygen atoms in total. The van der Waals surface area contributed by atoms with Crippen LogP contribution in [0.15, 0.2) is 42.7 Å². The van der Waals surface area contributed by atoms with Gasteiger partial charge >= 0.3 is 5.97 Å². The molecule has 0 saturated carbocycles. The van der Waals surface area contributed by atoms with Crippen LogP contribution < -0.4 is 5.32 Å². The molecule has 0 saturated heterocycles. The molecule has 0 unspecified atom stereocenters. The number of nitrogens with zero attached hydrogens (tertiary/aromatic N) is 1. The van der Waals surface area contributed by atoms with Crippen molar-refractivity contribution in [3.63, 3.8) is 0 Å². The van der Waals surface area contributed by atoms with E-state index in [9.17, 15) is 14.7 Å². The molecule has 1 aromatic heterocycles. The van der Waals surface area contributed by atoms with Gasteiger partial charge in [0.25, 0.3) is 0 Å². The smallest absolute Gasteiger partial charge is 0.339 e. The van der Waals surface area contributed by atoms with E-state index in [1.165, 1.54) is 12.2 Å². The number of benzene rings is 1. The summed E-state index contributed by atoms with van der Waals surface area (Å²) in [6.07, 6.45) is 4.81. The van der Waals surface area contributed by atoms with Crippen molar-refractivity contribution < 1.29 is 24.9 Å². The van der Waals surface area contributed by atoms with Crippen molar-refractivity contribution in [3.05, 3.63) is 59.4 Å². The van der Waals surface area contributed by atoms with Gasteiger partial charge in [0.05, 0.1) is 12.8 Å². The average molecular weight is 314 g/mol. The lowest BCUT2D eigenvalue weighted by Crippen LogP contribution is -2.12. The molecule has 0 aliphatic rings. The van der Waals surface area contributed by atoms with E-state index in [0.717, 1.165) is 23.5 Å². The van der Waals surface area contributed by atoms with E-state index < -0.39 is 17.6 Å². The van der Waals surface area contributed by atoms with Gasteiger partial charge in [-0.15, -0.1) is 0 Å². The molecule has 1 amide bonds. The number of hydrogen-bond donors (Lipinski definition) is 4. The van der Waals surface area contributed by atoms with Crippen LogP contribution >= 0.6 is 0 Å². The average Bonchev–Trinajstić information content (AvgIpc) is 2.55. The fourth-order valence-corrected chi connectivity index (χ4v) is 1.81. The number of anilines is 1. The Morgan fingerprint density at radius 1 is 1.17 bits per heavy atom. The fraction of sp³-hybridized carbons (Fsp3) is 0.0625. The van der Waals surface area contributed by atoms with Crippen molar-refractivity contribution >= 4 is 23.6 Å². The summed E-state index contributed by atoms with van der Waals surface area (Å²) in [4.78, 5) is 26.5. The summed E-state index contributed by atoms with van der Waals surface area (Å²) < 4.78 is 0. The summed E-state index contributed by atoms with van der Waals surface area (Å²) in [5, 5.41) is 29.9. The zero-order valence-corrected chi connectivity index (χ0v) is 11.9. The van der Waals surface area contributed by atoms with Crippen molar-refractivity contribution in [1.29, 1.82) is 0 Å². The lowest BCUT2D eigenvalue weighted by Gasteiger charge is -2.07. The van der Waals surface area contributed by atoms with Crippen molar-refractivity contribution in [1.82, 2.24) is 4.98 Å². The SMILES string of the molecule is O=C(/C=C/c1ccc(CO)cc1)Nc1c(O)cncc1C(=O)O. The van der Waals surface area contributed by atoms with E-state index in [-0.39, 0.29) is 17.9 Å². The van der Waals surface area contributed by atoms with Gasteiger partial charge in [-0.1, -0.05) is 24.3 Å². The van der Waals surface area contributed by atoms with Gasteiger partial charge in [0.1, 0.15) is 11.3 Å². The number of aliphatic hydroxyl groups is 1. The molecule has 0 aliphatic heterocycles. The molecule has 0 atom stereocenters. The quantitative estimate of drug-likeness (QED) is 0.623. The number of aromatic hydroxyl groups is 1. The number of carbonyl (C=O) groups excluding carboxylic acids is 1. The number of nitrogens with one attached hydrogen (secondary N) is 1. The summed E-state index contributed by atoms with van der Waals surface area (Å²) >= 11 is 0. The molecule has 0 spiro atoms. The van der Waals surface area contributed by atoms with E-state index in [1.54, 1.807) is 24.3 Å². The number of aliphatic hydroxyl groups excluding tert-OH is 1. The van der Waals surface area contributed by atoms with Crippen LogP contribution in [0.25, 0.3) is 6.08 Å². The molecule has 2 rings (SSSR count). The number of rotatable bonds is 5. The van der Waals surface area contributed by atoms with Crippen LogP contribution in [0.2, 0.25) is 0 Å². The van der Waals surface area contributed by atoms with Crippen LogP contribution in [0.3, 0.4) is 0 Å². The monoisotopic (exact) mass is 314 g/mol. The van der Waals surface area contributed by atoms with Gasteiger partial charge in [-0.2, -0.15) is 0 Å². The third kappa shape index (κ3) is 4.14. The second-order valence-electron chi connectivity index (χ2n) is 4.61. The Bertz CT molecular complexity index is 754. The molecule has 1 heterocycles. The highest BCUT2D eigenvalue weighted by Crippen LogP contribution is 2.25. The molecule has 0 bridgehead atoms. The molecule has 2 aromatic rings. The minimum absolute atomic E-state index is 0.0657. The number of pyridine rings is 1. The summed E-state index contributed by atoms with van der Waals surface area (Å²) in [7, 11) is 0. The highest BCUT2D eigenvalue weighted by atomic mass is 16.4. The van der Waals surface area contributed by atoms with Crippen molar-refractivity contribution in [2.45, 2.75) is 6.61 Å². The van der Waals surface area contributed by atoms with Crippen molar-refractivity contribution in [2.24, 2.45) is 0 Å². The topological polar surface area (TPSA) is 120 Å². The van der Waals surface area contributed by atoms with Gasteiger partial charge in [0.2, 0.25) is 5.91 Å². The highest BCUT2D eigenvalue weighted by Gasteiger charge is 2.15. The van der Waals surface area contributed by atoms with Crippen molar-refractivity contribution in [2.75, 3.05) is 5.32 Å². The molecule has 1 aromatic carbocycles. The Balaban J connectivity index is 2.13. The maximum absolute atomic E-state index is 11.9. The normalized spacial score (nSPS) is 10.7. The Morgan fingerprint density at radius 2 is 1.87 bits per heavy atom. The van der Waals surface area contributed by atoms with E-state index in [2.05, 4.69) is 10.3 Å². The Morgan fingerprint density at radius 3 is 2.48 bits per heavy atom. The number of carboxylic acids is 1. The minimum Gasteiger partial charge on any atom is -0.504 e. The van der Waals surface area contributed by atoms with E-state index >= 15 is 0 Å². The predicted molar refractivity (Wildman–Crippen MR) is 82.9 cm³/mol. The first kappa shape index (κ1) is 16.2. The van der Waals surface area contributed by atoms with Crippen LogP contribution in [-0.2, 0) is 11.4 Å². The van der Waals surface area contributed by atoms with E-state index in [4.69, 9.17) is 10.2 Å². The summed E-state index contributed by atoms with van der Waals surface area (Å²) in [6, 6.07) is 6.88. The number of amides is 1. The van der Waals surface area contributed by atoms with E-state index in [0.29, 0.717) is 0 Å². The van der Waals surface area contributed by atoms with Gasteiger partial charge in [-0.3, -0.25) is 9.78 Å². The first-order valence-corrected chi connectivity index (χ1v) is 6.60. The maximum atomic E-state index is 11.9. The first-order chi connectivity index (χ1) is 11.0. The third-order valence-electron chi connectivity index (χ3n) is 2.99. The van der Waals surface area contributed by atoms with Gasteiger partial charge in [-0.25, -0.2) is 4.79 Å². The predicted octanol–water partition coefficient (Wildman–Crippen LogP) is 1.63. The Labute approximate surface area is 131 Å². The first-order valence-electron chi connectivity index (χ1n) is 6.60. The molecular formula is C16H14N2O5. The minimum atomic E-state index is -1.31. The molecular weight excluding hydrogens is 300 g/mol. The standard InChI is InChI=1S/C16H14N2O5/c19-9-11-3-1-10(2-4-11)5-6-14(21)18-15-12(16(22)23)7-17-8-13(15)20/h1-8,19-20H,9H2,(H,22,23)(H,17,18,21)/b6-5+. The fourth-order valence-electron chi connectivity index (χ4n) is 1.81. The Hall–Kier alpha value is -3.19. The zero-order chi connectivity index (χ0) is 16.8. The lowest BCUT2D eigenvalue weighted by molar-refractivity contribution is -0.111. The van der Waals surface area contributed by atoms with Crippen LogP contribution in [0.1, 0.15) is 21.5 Å². The number of aromatic nitrogens is 1. The molecule has 23 heavy (non-hydrogen) atoms. The number of carbonyl (C=O) groups is 2. The lowest BCUT2D eigenvalue weighted by atomic mass is 10.1. The van der Waals surface area contributed by atoms with Gasteiger partial charge in [-0.05, 0) is 17.2 Å². The highest BCUT2D eigenvalue weighted by molar-refractivity contribution is 6.07. The van der Waals surface area contributed by atoms with Crippen molar-refractivity contribution in [3.8, 4) is 5.75 Å². The maximum Gasteiger partial charge on any atom is 0.339 e. The van der Waals surface area contributed by atoms with Crippen LogP contribution in [0.5, 0.6) is 5.75 Å². The number of aromatic carboxylic acids is 1. The molecule has 0 fully saturated rings. The summed E-state index contributed by atoms with van der Waals surface area (Å²) in [5.41, 5.74) is 0.964. The van der Waals surface area contributed by atoms with Gasteiger partial charge in [0.15, 0.2) is 5.75 Å². The van der Waals surface area contributed by atoms with Gasteiger partial charge in [0, 0.05) is 12.3 Å². The second-order valence-corrected chi connectivity index (χ2v) is 4.61. The second kappa shape index (κ2) is 7.19. The number of hydrogen-bond acceptors (Lipinski definition) is 5.